The Balaban J connectivity index is 3.90. The topological polar surface area (TPSA) is 67.3 Å². The largest absolute Gasteiger partial charge is 0.329 e. The maximum absolute atomic E-state index is 5.93. The quantitative estimate of drug-likeness (QED) is 0.506. The van der Waals surface area contributed by atoms with Gasteiger partial charge in [0.25, 0.3) is 0 Å². The van der Waals surface area contributed by atoms with Crippen LogP contribution in [-0.2, 0) is 0 Å². The van der Waals surface area contributed by atoms with Crippen LogP contribution in [-0.4, -0.2) is 42.8 Å². The fraction of sp³-hybridized carbons (Fsp3) is 1.00. The minimum Gasteiger partial charge on any atom is -0.329 e. The Kier molecular flexibility index (Phi) is 7.09. The van der Waals surface area contributed by atoms with Gasteiger partial charge < -0.3 is 11.5 Å². The molecule has 5 N–H and O–H groups in total. The Labute approximate surface area is 88.0 Å². The van der Waals surface area contributed by atoms with E-state index in [4.69, 9.17) is 11.5 Å². The molecule has 0 aromatic heterocycles. The van der Waals surface area contributed by atoms with Crippen molar-refractivity contribution < 1.29 is 0 Å². The van der Waals surface area contributed by atoms with Gasteiger partial charge in [0, 0.05) is 31.7 Å². The Morgan fingerprint density at radius 2 is 1.64 bits per heavy atom. The number of nitrogens with one attached hydrogen (secondary N) is 1. The first-order valence-corrected chi connectivity index (χ1v) is 5.43. The van der Waals surface area contributed by atoms with Gasteiger partial charge in [-0.15, -0.1) is 0 Å². The second-order valence-corrected chi connectivity index (χ2v) is 4.23. The standard InChI is InChI=1S/C10H26N4/c1-8(2)14(9(3)4)7-10(12)13-6-5-11/h8-10,13H,5-7,11-12H2,1-4H3. The molecule has 0 saturated carbocycles. The SMILES string of the molecule is CC(C)N(CC(N)NCCN)C(C)C. The number of nitrogens with zero attached hydrogens (tertiary/aromatic N) is 1. The third-order valence-electron chi connectivity index (χ3n) is 2.28. The molecule has 0 heterocycles. The normalized spacial score (nSPS) is 14.4. The fourth-order valence-electron chi connectivity index (χ4n) is 1.58. The maximum atomic E-state index is 5.93. The average molecular weight is 202 g/mol. The molecule has 0 rings (SSSR count). The van der Waals surface area contributed by atoms with Gasteiger partial charge in [-0.2, -0.15) is 0 Å². The van der Waals surface area contributed by atoms with Crippen LogP contribution in [0.15, 0.2) is 0 Å². The van der Waals surface area contributed by atoms with Crippen LogP contribution < -0.4 is 16.8 Å². The van der Waals surface area contributed by atoms with E-state index in [0.29, 0.717) is 18.6 Å². The van der Waals surface area contributed by atoms with Crippen LogP contribution in [0.3, 0.4) is 0 Å². The highest BCUT2D eigenvalue weighted by Gasteiger charge is 2.15. The second-order valence-electron chi connectivity index (χ2n) is 4.23. The molecule has 0 saturated heterocycles. The van der Waals surface area contributed by atoms with E-state index in [1.807, 2.05) is 0 Å². The van der Waals surface area contributed by atoms with Crippen molar-refractivity contribution in [3.8, 4) is 0 Å². The number of rotatable bonds is 7. The molecule has 0 aromatic rings. The average Bonchev–Trinajstić information content (AvgIpc) is 2.09. The molecular formula is C10H26N4. The summed E-state index contributed by atoms with van der Waals surface area (Å²) in [5, 5.41) is 3.18. The van der Waals surface area contributed by atoms with E-state index in [0.717, 1.165) is 13.1 Å². The lowest BCUT2D eigenvalue weighted by Gasteiger charge is -2.33. The summed E-state index contributed by atoms with van der Waals surface area (Å²) < 4.78 is 0. The van der Waals surface area contributed by atoms with Crippen LogP contribution in [0.1, 0.15) is 27.7 Å². The second kappa shape index (κ2) is 7.17. The highest BCUT2D eigenvalue weighted by molar-refractivity contribution is 4.72. The summed E-state index contributed by atoms with van der Waals surface area (Å²) in [6.07, 6.45) is 0.0170. The monoisotopic (exact) mass is 202 g/mol. The first-order valence-electron chi connectivity index (χ1n) is 5.43. The van der Waals surface area contributed by atoms with E-state index in [1.54, 1.807) is 0 Å². The summed E-state index contributed by atoms with van der Waals surface area (Å²) in [5.74, 6) is 0. The van der Waals surface area contributed by atoms with Gasteiger partial charge in [-0.25, -0.2) is 0 Å². The molecule has 4 heteroatoms. The summed E-state index contributed by atoms with van der Waals surface area (Å²) in [5.41, 5.74) is 11.3. The van der Waals surface area contributed by atoms with Gasteiger partial charge in [-0.1, -0.05) is 0 Å². The lowest BCUT2D eigenvalue weighted by molar-refractivity contribution is 0.157. The van der Waals surface area contributed by atoms with Gasteiger partial charge in [-0.3, -0.25) is 10.2 Å². The predicted octanol–water partition coefficient (Wildman–Crippen LogP) is -0.0617. The van der Waals surface area contributed by atoms with E-state index < -0.39 is 0 Å². The van der Waals surface area contributed by atoms with Crippen molar-refractivity contribution in [2.24, 2.45) is 11.5 Å². The Bertz CT molecular complexity index is 128. The molecule has 86 valence electrons. The minimum absolute atomic E-state index is 0.0170. The summed E-state index contributed by atoms with van der Waals surface area (Å²) in [7, 11) is 0. The van der Waals surface area contributed by atoms with Gasteiger partial charge in [0.2, 0.25) is 0 Å². The molecule has 0 fully saturated rings. The lowest BCUT2D eigenvalue weighted by atomic mass is 10.2. The van der Waals surface area contributed by atoms with E-state index in [-0.39, 0.29) is 6.17 Å². The molecule has 0 bridgehead atoms. The summed E-state index contributed by atoms with van der Waals surface area (Å²) in [6.45, 7) is 11.0. The van der Waals surface area contributed by atoms with Gasteiger partial charge in [0.1, 0.15) is 0 Å². The van der Waals surface area contributed by atoms with E-state index >= 15 is 0 Å². The molecule has 4 nitrogen and oxygen atoms in total. The summed E-state index contributed by atoms with van der Waals surface area (Å²) in [6, 6.07) is 1.06. The number of nitrogens with two attached hydrogens (primary N) is 2. The minimum atomic E-state index is 0.0170. The molecule has 14 heavy (non-hydrogen) atoms. The molecule has 0 aliphatic heterocycles. The van der Waals surface area contributed by atoms with Crippen LogP contribution in [0, 0.1) is 0 Å². The van der Waals surface area contributed by atoms with Gasteiger partial charge in [0.05, 0.1) is 6.17 Å². The van der Waals surface area contributed by atoms with Crippen LogP contribution in [0.5, 0.6) is 0 Å². The van der Waals surface area contributed by atoms with E-state index in [1.165, 1.54) is 0 Å². The third-order valence-corrected chi connectivity index (χ3v) is 2.28. The van der Waals surface area contributed by atoms with Gasteiger partial charge in [0.15, 0.2) is 0 Å². The summed E-state index contributed by atoms with van der Waals surface area (Å²) >= 11 is 0. The fourth-order valence-corrected chi connectivity index (χ4v) is 1.58. The predicted molar refractivity (Wildman–Crippen MR) is 62.0 cm³/mol. The zero-order valence-corrected chi connectivity index (χ0v) is 9.96. The molecule has 0 spiro atoms. The van der Waals surface area contributed by atoms with Crippen molar-refractivity contribution in [2.45, 2.75) is 45.9 Å². The maximum Gasteiger partial charge on any atom is 0.0678 e. The van der Waals surface area contributed by atoms with Crippen molar-refractivity contribution in [1.29, 1.82) is 0 Å². The van der Waals surface area contributed by atoms with Crippen molar-refractivity contribution in [3.05, 3.63) is 0 Å². The van der Waals surface area contributed by atoms with Crippen molar-refractivity contribution in [2.75, 3.05) is 19.6 Å². The van der Waals surface area contributed by atoms with Crippen LogP contribution in [0.2, 0.25) is 0 Å². The molecule has 0 aliphatic rings. The highest BCUT2D eigenvalue weighted by Crippen LogP contribution is 2.04. The van der Waals surface area contributed by atoms with Crippen LogP contribution >= 0.6 is 0 Å². The van der Waals surface area contributed by atoms with Crippen molar-refractivity contribution in [1.82, 2.24) is 10.2 Å². The molecule has 1 unspecified atom stereocenters. The first kappa shape index (κ1) is 13.8. The van der Waals surface area contributed by atoms with Crippen LogP contribution in [0.25, 0.3) is 0 Å². The van der Waals surface area contributed by atoms with E-state index in [9.17, 15) is 0 Å². The Morgan fingerprint density at radius 3 is 2.00 bits per heavy atom. The molecule has 1 atom stereocenters. The zero-order valence-electron chi connectivity index (χ0n) is 9.96. The molecule has 0 aliphatic carbocycles. The Hall–Kier alpha value is -0.160. The third kappa shape index (κ3) is 5.54. The summed E-state index contributed by atoms with van der Waals surface area (Å²) in [4.78, 5) is 2.37. The molecule has 0 aromatic carbocycles. The molecule has 0 amide bonds. The molecule has 0 radical (unpaired) electrons. The molecular weight excluding hydrogens is 176 g/mol. The Morgan fingerprint density at radius 1 is 1.14 bits per heavy atom. The number of hydrogen-bond acceptors (Lipinski definition) is 4. The number of hydrogen-bond donors (Lipinski definition) is 3. The lowest BCUT2D eigenvalue weighted by Crippen LogP contribution is -2.51. The smallest absolute Gasteiger partial charge is 0.0678 e. The van der Waals surface area contributed by atoms with E-state index in [2.05, 4.69) is 37.9 Å². The van der Waals surface area contributed by atoms with Crippen molar-refractivity contribution in [3.63, 3.8) is 0 Å². The van der Waals surface area contributed by atoms with Gasteiger partial charge in [-0.05, 0) is 27.7 Å². The van der Waals surface area contributed by atoms with Gasteiger partial charge >= 0.3 is 0 Å². The van der Waals surface area contributed by atoms with Crippen LogP contribution in [0.4, 0.5) is 0 Å². The zero-order chi connectivity index (χ0) is 11.1. The first-order chi connectivity index (χ1) is 6.49. The highest BCUT2D eigenvalue weighted by atomic mass is 15.2. The van der Waals surface area contributed by atoms with Crippen molar-refractivity contribution >= 4 is 0 Å².